The number of nitrogens with zero attached hydrogens (tertiary/aromatic N) is 5. The Labute approximate surface area is 178 Å². The Morgan fingerprint density at radius 3 is 2.57 bits per heavy atom. The van der Waals surface area contributed by atoms with E-state index in [-0.39, 0.29) is 5.91 Å². The second-order valence-electron chi connectivity index (χ2n) is 7.13. The van der Waals surface area contributed by atoms with Gasteiger partial charge in [-0.15, -0.1) is 11.3 Å². The Morgan fingerprint density at radius 2 is 1.90 bits per heavy atom. The number of aromatic nitrogens is 3. The van der Waals surface area contributed by atoms with E-state index in [9.17, 15) is 4.79 Å². The number of methoxy groups -OCH3 is 1. The molecule has 1 N–H and O–H groups in total. The van der Waals surface area contributed by atoms with Crippen molar-refractivity contribution >= 4 is 22.4 Å². The summed E-state index contributed by atoms with van der Waals surface area (Å²) in [6.45, 7) is 6.17. The number of aryl methyl sites for hydroxylation is 1. The van der Waals surface area contributed by atoms with Crippen molar-refractivity contribution in [2.75, 3.05) is 45.2 Å². The van der Waals surface area contributed by atoms with Crippen LogP contribution in [-0.4, -0.2) is 70.7 Å². The number of carbonyl (C=O) groups is 1. The zero-order valence-corrected chi connectivity index (χ0v) is 17.8. The second-order valence-corrected chi connectivity index (χ2v) is 7.99. The molecule has 1 aliphatic rings. The molecule has 30 heavy (non-hydrogen) atoms. The van der Waals surface area contributed by atoms with Gasteiger partial charge in [0.25, 0.3) is 0 Å². The minimum atomic E-state index is -0.0289. The molecule has 0 atom stereocenters. The summed E-state index contributed by atoms with van der Waals surface area (Å²) >= 11 is 1.44. The van der Waals surface area contributed by atoms with E-state index in [4.69, 9.17) is 9.26 Å². The molecule has 3 heterocycles. The number of carbonyl (C=O) groups excluding carboxylic acids is 1. The van der Waals surface area contributed by atoms with Crippen LogP contribution in [0.1, 0.15) is 11.6 Å². The zero-order valence-electron chi connectivity index (χ0n) is 17.0. The smallest absolute Gasteiger partial charge is 0.241 e. The highest BCUT2D eigenvalue weighted by molar-refractivity contribution is 7.13. The molecule has 1 aromatic carbocycles. The molecular formula is C20H24N6O3S. The Morgan fingerprint density at radius 1 is 1.17 bits per heavy atom. The monoisotopic (exact) mass is 428 g/mol. The van der Waals surface area contributed by atoms with Gasteiger partial charge in [0.15, 0.2) is 5.13 Å². The number of hydrogen-bond donors (Lipinski definition) is 1. The van der Waals surface area contributed by atoms with Gasteiger partial charge >= 0.3 is 0 Å². The summed E-state index contributed by atoms with van der Waals surface area (Å²) in [7, 11) is 1.63. The molecular weight excluding hydrogens is 404 g/mol. The Hall–Kier alpha value is -2.82. The number of nitrogens with one attached hydrogen (secondary N) is 1. The van der Waals surface area contributed by atoms with Crippen molar-refractivity contribution in [3.63, 3.8) is 0 Å². The number of ether oxygens (including phenoxy) is 1. The molecule has 0 saturated carbocycles. The van der Waals surface area contributed by atoms with Gasteiger partial charge in [0, 0.05) is 37.1 Å². The van der Waals surface area contributed by atoms with Gasteiger partial charge in [0.05, 0.1) is 25.9 Å². The molecule has 1 fully saturated rings. The summed E-state index contributed by atoms with van der Waals surface area (Å²) < 4.78 is 10.6. The lowest BCUT2D eigenvalue weighted by molar-refractivity contribution is -0.117. The van der Waals surface area contributed by atoms with Crippen LogP contribution in [0.25, 0.3) is 11.4 Å². The topological polar surface area (TPSA) is 96.6 Å². The number of rotatable bonds is 7. The van der Waals surface area contributed by atoms with E-state index in [1.54, 1.807) is 7.11 Å². The van der Waals surface area contributed by atoms with Crippen LogP contribution in [0.15, 0.2) is 34.2 Å². The van der Waals surface area contributed by atoms with Gasteiger partial charge in [-0.1, -0.05) is 5.16 Å². The maximum Gasteiger partial charge on any atom is 0.241 e. The normalized spacial score (nSPS) is 15.3. The summed E-state index contributed by atoms with van der Waals surface area (Å²) in [4.78, 5) is 25.4. The van der Waals surface area contributed by atoms with E-state index in [2.05, 4.69) is 30.2 Å². The van der Waals surface area contributed by atoms with Gasteiger partial charge in [0.2, 0.25) is 17.6 Å². The van der Waals surface area contributed by atoms with Crippen molar-refractivity contribution in [2.24, 2.45) is 0 Å². The fourth-order valence-corrected chi connectivity index (χ4v) is 3.95. The molecule has 1 amide bonds. The van der Waals surface area contributed by atoms with E-state index < -0.39 is 0 Å². The van der Waals surface area contributed by atoms with Crippen molar-refractivity contribution in [1.29, 1.82) is 0 Å². The summed E-state index contributed by atoms with van der Waals surface area (Å²) in [6, 6.07) is 7.56. The molecule has 9 nitrogen and oxygen atoms in total. The van der Waals surface area contributed by atoms with Crippen molar-refractivity contribution in [1.82, 2.24) is 24.9 Å². The number of piperazine rings is 1. The molecule has 3 aromatic rings. The molecule has 1 aliphatic heterocycles. The van der Waals surface area contributed by atoms with Crippen LogP contribution in [0, 0.1) is 6.92 Å². The third kappa shape index (κ3) is 5.21. The van der Waals surface area contributed by atoms with Crippen molar-refractivity contribution in [3.05, 3.63) is 41.2 Å². The van der Waals surface area contributed by atoms with Gasteiger partial charge < -0.3 is 14.6 Å². The first-order valence-electron chi connectivity index (χ1n) is 9.73. The third-order valence-corrected chi connectivity index (χ3v) is 5.75. The van der Waals surface area contributed by atoms with Gasteiger partial charge in [-0.3, -0.25) is 14.6 Å². The molecule has 158 valence electrons. The highest BCUT2D eigenvalue weighted by atomic mass is 32.1. The number of hydrogen-bond acceptors (Lipinski definition) is 9. The van der Waals surface area contributed by atoms with Gasteiger partial charge in [-0.2, -0.15) is 4.98 Å². The summed E-state index contributed by atoms with van der Waals surface area (Å²) in [5.74, 6) is 1.92. The minimum absolute atomic E-state index is 0.0289. The van der Waals surface area contributed by atoms with Crippen LogP contribution in [0.4, 0.5) is 5.13 Å². The molecule has 1 saturated heterocycles. The van der Waals surface area contributed by atoms with Gasteiger partial charge in [0.1, 0.15) is 5.75 Å². The minimum Gasteiger partial charge on any atom is -0.497 e. The summed E-state index contributed by atoms with van der Waals surface area (Å²) in [5, 5.41) is 9.52. The molecule has 0 bridgehead atoms. The largest absolute Gasteiger partial charge is 0.497 e. The maximum absolute atomic E-state index is 12.2. The Balaban J connectivity index is 1.24. The van der Waals surface area contributed by atoms with E-state index in [1.807, 2.05) is 36.6 Å². The highest BCUT2D eigenvalue weighted by Crippen LogP contribution is 2.20. The summed E-state index contributed by atoms with van der Waals surface area (Å²) in [6.07, 6.45) is 0. The number of thiazole rings is 1. The average molecular weight is 429 g/mol. The van der Waals surface area contributed by atoms with E-state index in [0.29, 0.717) is 29.9 Å². The zero-order chi connectivity index (χ0) is 20.9. The van der Waals surface area contributed by atoms with Crippen LogP contribution in [0.5, 0.6) is 5.75 Å². The predicted octanol–water partition coefficient (Wildman–Crippen LogP) is 2.27. The van der Waals surface area contributed by atoms with Crippen LogP contribution >= 0.6 is 11.3 Å². The molecule has 0 aliphatic carbocycles. The summed E-state index contributed by atoms with van der Waals surface area (Å²) in [5.41, 5.74) is 1.80. The SMILES string of the molecule is COc1ccc(-c2noc(CN3CCN(CC(=O)Nc4nc(C)cs4)CC3)n2)cc1. The van der Waals surface area contributed by atoms with E-state index >= 15 is 0 Å². The quantitative estimate of drug-likeness (QED) is 0.612. The number of anilines is 1. The first-order chi connectivity index (χ1) is 14.6. The second kappa shape index (κ2) is 9.33. The van der Waals surface area contributed by atoms with Crippen LogP contribution in [-0.2, 0) is 11.3 Å². The predicted molar refractivity (Wildman–Crippen MR) is 113 cm³/mol. The lowest BCUT2D eigenvalue weighted by Gasteiger charge is -2.33. The first-order valence-corrected chi connectivity index (χ1v) is 10.6. The molecule has 0 radical (unpaired) electrons. The van der Waals surface area contributed by atoms with E-state index in [1.165, 1.54) is 11.3 Å². The van der Waals surface area contributed by atoms with Crippen molar-refractivity contribution in [2.45, 2.75) is 13.5 Å². The number of amides is 1. The van der Waals surface area contributed by atoms with Crippen molar-refractivity contribution in [3.8, 4) is 17.1 Å². The third-order valence-electron chi connectivity index (χ3n) is 4.87. The molecule has 0 spiro atoms. The average Bonchev–Trinajstić information content (AvgIpc) is 3.38. The fourth-order valence-electron chi connectivity index (χ4n) is 3.25. The molecule has 4 rings (SSSR count). The van der Waals surface area contributed by atoms with E-state index in [0.717, 1.165) is 43.2 Å². The lowest BCUT2D eigenvalue weighted by Crippen LogP contribution is -2.48. The van der Waals surface area contributed by atoms with Crippen LogP contribution in [0.3, 0.4) is 0 Å². The Kier molecular flexibility index (Phi) is 6.36. The standard InChI is InChI=1S/C20H24N6O3S/c1-14-13-30-20(21-14)22-17(27)11-25-7-9-26(10-8-25)12-18-23-19(24-29-18)15-3-5-16(28-2)6-4-15/h3-6,13H,7-12H2,1-2H3,(H,21,22,27). The highest BCUT2D eigenvalue weighted by Gasteiger charge is 2.21. The Bertz CT molecular complexity index is 979. The number of benzene rings is 1. The molecule has 0 unspecified atom stereocenters. The fraction of sp³-hybridized carbons (Fsp3) is 0.400. The van der Waals surface area contributed by atoms with Crippen LogP contribution in [0.2, 0.25) is 0 Å². The van der Waals surface area contributed by atoms with Crippen LogP contribution < -0.4 is 10.1 Å². The van der Waals surface area contributed by atoms with Gasteiger partial charge in [-0.25, -0.2) is 4.98 Å². The molecule has 10 heteroatoms. The van der Waals surface area contributed by atoms with Crippen molar-refractivity contribution < 1.29 is 14.1 Å². The first kappa shape index (κ1) is 20.5. The maximum atomic E-state index is 12.2. The van der Waals surface area contributed by atoms with Gasteiger partial charge in [-0.05, 0) is 31.2 Å². The lowest BCUT2D eigenvalue weighted by atomic mass is 10.2. The molecule has 2 aromatic heterocycles.